The zero-order valence-electron chi connectivity index (χ0n) is 31.5. The first kappa shape index (κ1) is 41.0. The zero-order valence-corrected chi connectivity index (χ0v) is 31.5. The molecule has 0 radical (unpaired) electrons. The highest BCUT2D eigenvalue weighted by Crippen LogP contribution is 2.27. The van der Waals surface area contributed by atoms with E-state index in [-0.39, 0.29) is 6.04 Å². The van der Waals surface area contributed by atoms with Gasteiger partial charge in [0, 0.05) is 0 Å². The second kappa shape index (κ2) is 23.3. The van der Waals surface area contributed by atoms with E-state index in [0.29, 0.717) is 5.41 Å². The van der Waals surface area contributed by atoms with Crippen molar-refractivity contribution in [2.45, 2.75) is 145 Å². The Bertz CT molecular complexity index is 912. The molecular formula is C42H73NO2. The number of hydrogen-bond acceptors (Lipinski definition) is 3. The molecule has 0 aromatic heterocycles. The molecule has 1 N–H and O–H groups in total. The summed E-state index contributed by atoms with van der Waals surface area (Å²) in [6.45, 7) is 22.2. The van der Waals surface area contributed by atoms with Crippen LogP contribution in [0.3, 0.4) is 0 Å². The molecule has 3 nitrogen and oxygen atoms in total. The van der Waals surface area contributed by atoms with Crippen molar-refractivity contribution in [1.82, 2.24) is 5.32 Å². The Hall–Kier alpha value is -2.00. The third-order valence-electron chi connectivity index (χ3n) is 9.20. The first-order chi connectivity index (χ1) is 21.4. The second-order valence-electron chi connectivity index (χ2n) is 15.5. The number of ether oxygens (including phenoxy) is 2. The minimum Gasteiger partial charge on any atom is -0.497 e. The lowest BCUT2D eigenvalue weighted by Crippen LogP contribution is -2.21. The summed E-state index contributed by atoms with van der Waals surface area (Å²) in [4.78, 5) is 0. The molecule has 0 aliphatic rings. The van der Waals surface area contributed by atoms with Crippen molar-refractivity contribution in [3.63, 3.8) is 0 Å². The smallest absolute Gasteiger partial charge is 0.118 e. The summed E-state index contributed by atoms with van der Waals surface area (Å²) < 4.78 is 10.4. The minimum atomic E-state index is 0.178. The van der Waals surface area contributed by atoms with Crippen LogP contribution in [0, 0.1) is 29.1 Å². The van der Waals surface area contributed by atoms with Crippen molar-refractivity contribution >= 4 is 0 Å². The van der Waals surface area contributed by atoms with E-state index in [0.717, 1.165) is 41.7 Å². The summed E-state index contributed by atoms with van der Waals surface area (Å²) >= 11 is 0. The highest BCUT2D eigenvalue weighted by atomic mass is 16.5. The van der Waals surface area contributed by atoms with E-state index < -0.39 is 0 Å². The molecule has 2 rings (SSSR count). The van der Waals surface area contributed by atoms with Crippen LogP contribution in [0.5, 0.6) is 11.5 Å². The van der Waals surface area contributed by atoms with Gasteiger partial charge in [-0.15, -0.1) is 0 Å². The van der Waals surface area contributed by atoms with Crippen LogP contribution in [-0.2, 0) is 0 Å². The molecular weight excluding hydrogens is 550 g/mol. The largest absolute Gasteiger partial charge is 0.497 e. The molecule has 0 fully saturated rings. The molecule has 45 heavy (non-hydrogen) atoms. The highest BCUT2D eigenvalue weighted by Gasteiger charge is 2.14. The van der Waals surface area contributed by atoms with Crippen molar-refractivity contribution in [2.24, 2.45) is 29.1 Å². The van der Waals surface area contributed by atoms with E-state index in [4.69, 9.17) is 9.47 Å². The first-order valence-electron chi connectivity index (χ1n) is 18.4. The Morgan fingerprint density at radius 3 is 1.22 bits per heavy atom. The Labute approximate surface area is 280 Å². The molecule has 258 valence electrons. The van der Waals surface area contributed by atoms with Gasteiger partial charge in [0.15, 0.2) is 0 Å². The number of nitrogens with one attached hydrogen (secondary N) is 1. The lowest BCUT2D eigenvalue weighted by Gasteiger charge is -2.20. The predicted octanol–water partition coefficient (Wildman–Crippen LogP) is 12.7. The Morgan fingerprint density at radius 1 is 0.556 bits per heavy atom. The third-order valence-corrected chi connectivity index (χ3v) is 9.20. The van der Waals surface area contributed by atoms with Crippen LogP contribution < -0.4 is 14.8 Å². The van der Waals surface area contributed by atoms with Gasteiger partial charge in [-0.25, -0.2) is 0 Å². The number of hydrogen-bond donors (Lipinski definition) is 1. The molecule has 3 heteroatoms. The zero-order chi connectivity index (χ0) is 33.7. The van der Waals surface area contributed by atoms with Gasteiger partial charge >= 0.3 is 0 Å². The van der Waals surface area contributed by atoms with E-state index in [1.165, 1.54) is 88.2 Å². The fraction of sp³-hybridized carbons (Fsp3) is 0.714. The van der Waals surface area contributed by atoms with Gasteiger partial charge in [0.25, 0.3) is 0 Å². The lowest BCUT2D eigenvalue weighted by molar-refractivity contribution is 0.330. The second-order valence-corrected chi connectivity index (χ2v) is 15.5. The Morgan fingerprint density at radius 2 is 0.911 bits per heavy atom. The van der Waals surface area contributed by atoms with Crippen molar-refractivity contribution in [1.29, 1.82) is 0 Å². The minimum absolute atomic E-state index is 0.178. The van der Waals surface area contributed by atoms with Gasteiger partial charge in [-0.3, -0.25) is 0 Å². The molecule has 0 saturated heterocycles. The Kier molecular flexibility index (Phi) is 21.3. The van der Waals surface area contributed by atoms with Crippen molar-refractivity contribution < 1.29 is 9.47 Å². The highest BCUT2D eigenvalue weighted by molar-refractivity contribution is 5.37. The van der Waals surface area contributed by atoms with E-state index >= 15 is 0 Å². The average Bonchev–Trinajstić information content (AvgIpc) is 2.99. The molecule has 0 spiro atoms. The van der Waals surface area contributed by atoms with E-state index in [2.05, 4.69) is 91.9 Å². The number of rotatable bonds is 21. The van der Waals surface area contributed by atoms with E-state index in [9.17, 15) is 0 Å². The fourth-order valence-corrected chi connectivity index (χ4v) is 6.14. The fourth-order valence-electron chi connectivity index (χ4n) is 6.14. The molecule has 0 heterocycles. The standard InChI is InChI=1S/C25H52.C17H21NO2/c1-21(2)13-9-14-22(3)15-10-16-23(4)17-11-18-24(5)19-12-20-25(6,7)8;1-4-18-17(13-5-9-15(19-2)10-6-13)14-7-11-16(20-3)12-8-14/h21-24H,9-20H2,1-8H3;5-12,17-18H,4H2,1-3H3. The molecule has 3 unspecified atom stereocenters. The summed E-state index contributed by atoms with van der Waals surface area (Å²) in [5.41, 5.74) is 2.95. The lowest BCUT2D eigenvalue weighted by atomic mass is 9.86. The van der Waals surface area contributed by atoms with Gasteiger partial charge in [-0.05, 0) is 77.4 Å². The molecule has 0 bridgehead atoms. The molecule has 0 aliphatic carbocycles. The van der Waals surface area contributed by atoms with Gasteiger partial charge in [-0.1, -0.05) is 157 Å². The van der Waals surface area contributed by atoms with Crippen LogP contribution in [-0.4, -0.2) is 20.8 Å². The van der Waals surface area contributed by atoms with Crippen molar-refractivity contribution in [3.05, 3.63) is 59.7 Å². The van der Waals surface area contributed by atoms with Gasteiger partial charge < -0.3 is 14.8 Å². The average molecular weight is 624 g/mol. The molecule has 0 saturated carbocycles. The maximum absolute atomic E-state index is 5.21. The normalized spacial score (nSPS) is 13.7. The van der Waals surface area contributed by atoms with Gasteiger partial charge in [0.05, 0.1) is 20.3 Å². The SMILES string of the molecule is CC(C)CCCC(C)CCCC(C)CCCC(C)CCCC(C)(C)C.CCNC(c1ccc(OC)cc1)c1ccc(OC)cc1. The summed E-state index contributed by atoms with van der Waals surface area (Å²) in [5.74, 6) is 5.43. The van der Waals surface area contributed by atoms with E-state index in [1.807, 2.05) is 24.3 Å². The third kappa shape index (κ3) is 20.0. The van der Waals surface area contributed by atoms with Crippen molar-refractivity contribution in [2.75, 3.05) is 20.8 Å². The molecule has 0 amide bonds. The summed E-state index contributed by atoms with van der Waals surface area (Å²) in [7, 11) is 3.36. The van der Waals surface area contributed by atoms with Crippen molar-refractivity contribution in [3.8, 4) is 11.5 Å². The molecule has 2 aromatic carbocycles. The van der Waals surface area contributed by atoms with Crippen LogP contribution in [0.25, 0.3) is 0 Å². The Balaban J connectivity index is 0.000000459. The van der Waals surface area contributed by atoms with Crippen LogP contribution in [0.1, 0.15) is 157 Å². The van der Waals surface area contributed by atoms with Crippen LogP contribution in [0.2, 0.25) is 0 Å². The van der Waals surface area contributed by atoms with Gasteiger partial charge in [-0.2, -0.15) is 0 Å². The predicted molar refractivity (Wildman–Crippen MR) is 199 cm³/mol. The molecule has 0 aliphatic heterocycles. The van der Waals surface area contributed by atoms with E-state index in [1.54, 1.807) is 14.2 Å². The quantitative estimate of drug-likeness (QED) is 0.150. The first-order valence-corrected chi connectivity index (χ1v) is 18.4. The van der Waals surface area contributed by atoms with Crippen LogP contribution in [0.4, 0.5) is 0 Å². The summed E-state index contributed by atoms with van der Waals surface area (Å²) in [5, 5.41) is 3.51. The van der Waals surface area contributed by atoms with Gasteiger partial charge in [0.1, 0.15) is 11.5 Å². The molecule has 3 atom stereocenters. The van der Waals surface area contributed by atoms with Crippen LogP contribution in [0.15, 0.2) is 48.5 Å². The van der Waals surface area contributed by atoms with Gasteiger partial charge in [0.2, 0.25) is 0 Å². The summed E-state index contributed by atoms with van der Waals surface area (Å²) in [6.07, 6.45) is 17.2. The maximum atomic E-state index is 5.21. The summed E-state index contributed by atoms with van der Waals surface area (Å²) in [6, 6.07) is 16.5. The monoisotopic (exact) mass is 624 g/mol. The maximum Gasteiger partial charge on any atom is 0.118 e. The number of benzene rings is 2. The number of methoxy groups -OCH3 is 2. The molecule has 2 aromatic rings. The topological polar surface area (TPSA) is 30.5 Å². The van der Waals surface area contributed by atoms with Crippen LogP contribution >= 0.6 is 0 Å².